The average Bonchev–Trinajstić information content (AvgIpc) is 2.50. The highest BCUT2D eigenvalue weighted by molar-refractivity contribution is 7.99. The fourth-order valence-electron chi connectivity index (χ4n) is 2.01. The second kappa shape index (κ2) is 9.96. The van der Waals surface area contributed by atoms with Crippen LogP contribution >= 0.6 is 11.8 Å². The number of benzene rings is 1. The van der Waals surface area contributed by atoms with Crippen molar-refractivity contribution < 1.29 is 9.47 Å². The number of rotatable bonds is 10. The van der Waals surface area contributed by atoms with Crippen LogP contribution in [0, 0.1) is 0 Å². The summed E-state index contributed by atoms with van der Waals surface area (Å²) in [7, 11) is 2.01. The Hall–Kier alpha value is -0.870. The standard InChI is InChI=1S/C17H29NO2S/c1-6-13(4)21-12-15(18-5)14-9-10-16(19-7-2)17(11-14)20-8-3/h9-11,13,15,18H,6-8,12H2,1-5H3. The molecular weight excluding hydrogens is 282 g/mol. The maximum atomic E-state index is 5.71. The molecule has 120 valence electrons. The van der Waals surface area contributed by atoms with Crippen LogP contribution in [0.2, 0.25) is 0 Å². The van der Waals surface area contributed by atoms with Crippen molar-refractivity contribution in [1.29, 1.82) is 0 Å². The first-order valence-corrected chi connectivity index (χ1v) is 8.89. The van der Waals surface area contributed by atoms with Crippen LogP contribution in [0.3, 0.4) is 0 Å². The molecule has 0 bridgehead atoms. The summed E-state index contributed by atoms with van der Waals surface area (Å²) < 4.78 is 11.3. The molecule has 0 saturated carbocycles. The molecule has 0 aliphatic rings. The summed E-state index contributed by atoms with van der Waals surface area (Å²) in [6, 6.07) is 6.58. The van der Waals surface area contributed by atoms with Crippen LogP contribution in [0.15, 0.2) is 18.2 Å². The lowest BCUT2D eigenvalue weighted by molar-refractivity contribution is 0.287. The molecule has 0 spiro atoms. The van der Waals surface area contributed by atoms with E-state index in [4.69, 9.17) is 9.47 Å². The topological polar surface area (TPSA) is 30.5 Å². The smallest absolute Gasteiger partial charge is 0.161 e. The van der Waals surface area contributed by atoms with E-state index in [2.05, 4.69) is 31.3 Å². The molecule has 2 unspecified atom stereocenters. The highest BCUT2D eigenvalue weighted by Gasteiger charge is 2.14. The van der Waals surface area contributed by atoms with Crippen molar-refractivity contribution >= 4 is 11.8 Å². The largest absolute Gasteiger partial charge is 0.490 e. The summed E-state index contributed by atoms with van der Waals surface area (Å²) in [5.41, 5.74) is 1.25. The molecule has 1 rings (SSSR count). The van der Waals surface area contributed by atoms with E-state index in [1.54, 1.807) is 0 Å². The molecule has 0 aromatic heterocycles. The van der Waals surface area contributed by atoms with Gasteiger partial charge in [0.25, 0.3) is 0 Å². The van der Waals surface area contributed by atoms with E-state index in [0.717, 1.165) is 17.3 Å². The summed E-state index contributed by atoms with van der Waals surface area (Å²) in [6.45, 7) is 9.80. The maximum absolute atomic E-state index is 5.71. The molecule has 0 saturated heterocycles. The maximum Gasteiger partial charge on any atom is 0.161 e. The lowest BCUT2D eigenvalue weighted by atomic mass is 10.1. The van der Waals surface area contributed by atoms with Gasteiger partial charge in [-0.25, -0.2) is 0 Å². The van der Waals surface area contributed by atoms with Gasteiger partial charge in [-0.3, -0.25) is 0 Å². The highest BCUT2D eigenvalue weighted by Crippen LogP contribution is 2.32. The monoisotopic (exact) mass is 311 g/mol. The highest BCUT2D eigenvalue weighted by atomic mass is 32.2. The Kier molecular flexibility index (Phi) is 8.62. The predicted molar refractivity (Wildman–Crippen MR) is 92.8 cm³/mol. The van der Waals surface area contributed by atoms with Crippen LogP contribution in [0.4, 0.5) is 0 Å². The van der Waals surface area contributed by atoms with Gasteiger partial charge in [0.05, 0.1) is 13.2 Å². The molecule has 0 radical (unpaired) electrons. The van der Waals surface area contributed by atoms with Crippen LogP contribution < -0.4 is 14.8 Å². The Morgan fingerprint density at radius 2 is 1.76 bits per heavy atom. The van der Waals surface area contributed by atoms with Gasteiger partial charge in [-0.05, 0) is 45.0 Å². The van der Waals surface area contributed by atoms with E-state index in [9.17, 15) is 0 Å². The van der Waals surface area contributed by atoms with Crippen LogP contribution in [0.1, 0.15) is 45.7 Å². The summed E-state index contributed by atoms with van der Waals surface area (Å²) in [4.78, 5) is 0. The molecular formula is C17H29NO2S. The predicted octanol–water partition coefficient (Wildman–Crippen LogP) is 4.28. The summed E-state index contributed by atoms with van der Waals surface area (Å²) >= 11 is 2.00. The zero-order valence-electron chi connectivity index (χ0n) is 13.9. The van der Waals surface area contributed by atoms with Gasteiger partial charge in [-0.1, -0.05) is 19.9 Å². The van der Waals surface area contributed by atoms with Crippen LogP contribution in [-0.2, 0) is 0 Å². The molecule has 1 N–H and O–H groups in total. The van der Waals surface area contributed by atoms with Crippen molar-refractivity contribution in [2.75, 3.05) is 26.0 Å². The third-order valence-corrected chi connectivity index (χ3v) is 4.87. The van der Waals surface area contributed by atoms with E-state index in [0.29, 0.717) is 24.5 Å². The summed E-state index contributed by atoms with van der Waals surface area (Å²) in [5, 5.41) is 4.09. The lowest BCUT2D eigenvalue weighted by Crippen LogP contribution is -2.20. The molecule has 0 fully saturated rings. The molecule has 0 heterocycles. The van der Waals surface area contributed by atoms with Gasteiger partial charge < -0.3 is 14.8 Å². The molecule has 21 heavy (non-hydrogen) atoms. The summed E-state index contributed by atoms with van der Waals surface area (Å²) in [5.74, 6) is 2.73. The summed E-state index contributed by atoms with van der Waals surface area (Å²) in [6.07, 6.45) is 1.20. The van der Waals surface area contributed by atoms with Crippen molar-refractivity contribution in [3.8, 4) is 11.5 Å². The quantitative estimate of drug-likeness (QED) is 0.699. The first kappa shape index (κ1) is 18.2. The SMILES string of the molecule is CCOc1ccc(C(CSC(C)CC)NC)cc1OCC. The first-order valence-electron chi connectivity index (χ1n) is 7.84. The van der Waals surface area contributed by atoms with E-state index in [1.165, 1.54) is 12.0 Å². The minimum atomic E-state index is 0.332. The Morgan fingerprint density at radius 3 is 2.33 bits per heavy atom. The Labute approximate surface area is 133 Å². The number of thioether (sulfide) groups is 1. The van der Waals surface area contributed by atoms with Crippen molar-refractivity contribution in [1.82, 2.24) is 5.32 Å². The van der Waals surface area contributed by atoms with Crippen molar-refractivity contribution in [3.05, 3.63) is 23.8 Å². The van der Waals surface area contributed by atoms with E-state index in [-0.39, 0.29) is 0 Å². The Morgan fingerprint density at radius 1 is 1.10 bits per heavy atom. The van der Waals surface area contributed by atoms with E-state index >= 15 is 0 Å². The van der Waals surface area contributed by atoms with E-state index in [1.807, 2.05) is 38.7 Å². The van der Waals surface area contributed by atoms with E-state index < -0.39 is 0 Å². The zero-order chi connectivity index (χ0) is 15.7. The molecule has 0 aliphatic carbocycles. The number of nitrogens with one attached hydrogen (secondary N) is 1. The number of hydrogen-bond donors (Lipinski definition) is 1. The average molecular weight is 311 g/mol. The fraction of sp³-hybridized carbons (Fsp3) is 0.647. The second-order valence-corrected chi connectivity index (χ2v) is 6.44. The molecule has 3 nitrogen and oxygen atoms in total. The second-order valence-electron chi connectivity index (χ2n) is 4.97. The molecule has 2 atom stereocenters. The minimum absolute atomic E-state index is 0.332. The van der Waals surface area contributed by atoms with Crippen molar-refractivity contribution in [2.45, 2.75) is 45.4 Å². The number of ether oxygens (including phenoxy) is 2. The third-order valence-electron chi connectivity index (χ3n) is 3.44. The van der Waals surface area contributed by atoms with Crippen LogP contribution in [0.25, 0.3) is 0 Å². The fourth-order valence-corrected chi connectivity index (χ4v) is 3.12. The van der Waals surface area contributed by atoms with Gasteiger partial charge in [0.2, 0.25) is 0 Å². The molecule has 0 aliphatic heterocycles. The minimum Gasteiger partial charge on any atom is -0.490 e. The molecule has 1 aromatic rings. The first-order chi connectivity index (χ1) is 10.2. The van der Waals surface area contributed by atoms with Gasteiger partial charge in [0.15, 0.2) is 11.5 Å². The molecule has 0 amide bonds. The number of hydrogen-bond acceptors (Lipinski definition) is 4. The third kappa shape index (κ3) is 5.79. The Bertz CT molecular complexity index is 412. The van der Waals surface area contributed by atoms with Gasteiger partial charge in [0.1, 0.15) is 0 Å². The van der Waals surface area contributed by atoms with Crippen molar-refractivity contribution in [2.24, 2.45) is 0 Å². The normalized spacial score (nSPS) is 13.8. The molecule has 1 aromatic carbocycles. The van der Waals surface area contributed by atoms with Crippen LogP contribution in [-0.4, -0.2) is 31.3 Å². The van der Waals surface area contributed by atoms with Gasteiger partial charge in [-0.15, -0.1) is 0 Å². The van der Waals surface area contributed by atoms with Gasteiger partial charge >= 0.3 is 0 Å². The molecule has 4 heteroatoms. The zero-order valence-corrected chi connectivity index (χ0v) is 14.8. The van der Waals surface area contributed by atoms with Crippen LogP contribution in [0.5, 0.6) is 11.5 Å². The van der Waals surface area contributed by atoms with Crippen molar-refractivity contribution in [3.63, 3.8) is 0 Å². The Balaban J connectivity index is 2.85. The van der Waals surface area contributed by atoms with Gasteiger partial charge in [0, 0.05) is 17.0 Å². The van der Waals surface area contributed by atoms with Gasteiger partial charge in [-0.2, -0.15) is 11.8 Å². The lowest BCUT2D eigenvalue weighted by Gasteiger charge is -2.20.